The van der Waals surface area contributed by atoms with Crippen molar-refractivity contribution in [1.29, 1.82) is 0 Å². The number of ether oxygens (including phenoxy) is 1. The molecule has 0 heterocycles. The Balaban J connectivity index is 0. The SMILES string of the molecule is CC.CCCCC(C)C=O.CCOC(=O)c1cccc(Br)c1. The molecule has 0 aliphatic rings. The molecule has 0 fully saturated rings. The van der Waals surface area contributed by atoms with Gasteiger partial charge in [-0.05, 0) is 31.5 Å². The molecular weight excluding hydrogens is 344 g/mol. The van der Waals surface area contributed by atoms with Crippen molar-refractivity contribution in [1.82, 2.24) is 0 Å². The number of benzene rings is 1. The predicted octanol–water partition coefficient (Wildman–Crippen LogP) is 5.66. The highest BCUT2D eigenvalue weighted by Gasteiger charge is 2.04. The van der Waals surface area contributed by atoms with Crippen LogP contribution in [-0.4, -0.2) is 18.9 Å². The Morgan fingerprint density at radius 3 is 2.41 bits per heavy atom. The van der Waals surface area contributed by atoms with Crippen molar-refractivity contribution in [2.24, 2.45) is 5.92 Å². The molecule has 0 bridgehead atoms. The maximum Gasteiger partial charge on any atom is 0.338 e. The number of aldehydes is 1. The lowest BCUT2D eigenvalue weighted by Crippen LogP contribution is -2.03. The average Bonchev–Trinajstić information content (AvgIpc) is 2.55. The van der Waals surface area contributed by atoms with E-state index in [-0.39, 0.29) is 11.9 Å². The number of hydrogen-bond acceptors (Lipinski definition) is 3. The Kier molecular flexibility index (Phi) is 17.0. The number of rotatable bonds is 6. The van der Waals surface area contributed by atoms with Crippen LogP contribution in [0.5, 0.6) is 0 Å². The van der Waals surface area contributed by atoms with E-state index in [4.69, 9.17) is 4.74 Å². The molecule has 0 amide bonds. The minimum Gasteiger partial charge on any atom is -0.462 e. The van der Waals surface area contributed by atoms with E-state index >= 15 is 0 Å². The molecule has 0 N–H and O–H groups in total. The Morgan fingerprint density at radius 1 is 1.32 bits per heavy atom. The first-order valence-electron chi connectivity index (χ1n) is 7.93. The van der Waals surface area contributed by atoms with Crippen LogP contribution in [0.2, 0.25) is 0 Å². The van der Waals surface area contributed by atoms with Gasteiger partial charge in [0.05, 0.1) is 12.2 Å². The first kappa shape index (κ1) is 23.1. The number of carbonyl (C=O) groups excluding carboxylic acids is 2. The summed E-state index contributed by atoms with van der Waals surface area (Å²) in [5.74, 6) is -0.00579. The highest BCUT2D eigenvalue weighted by molar-refractivity contribution is 9.10. The quantitative estimate of drug-likeness (QED) is 0.477. The third-order valence-electron chi connectivity index (χ3n) is 2.58. The van der Waals surface area contributed by atoms with Crippen molar-refractivity contribution in [2.45, 2.75) is 53.9 Å². The van der Waals surface area contributed by atoms with Crippen LogP contribution < -0.4 is 0 Å². The van der Waals surface area contributed by atoms with Gasteiger partial charge < -0.3 is 9.53 Å². The largest absolute Gasteiger partial charge is 0.462 e. The summed E-state index contributed by atoms with van der Waals surface area (Å²) in [6, 6.07) is 7.12. The van der Waals surface area contributed by atoms with Crippen LogP contribution >= 0.6 is 15.9 Å². The fraction of sp³-hybridized carbons (Fsp3) is 0.556. The summed E-state index contributed by atoms with van der Waals surface area (Å²) in [4.78, 5) is 21.2. The van der Waals surface area contributed by atoms with Gasteiger partial charge in [0.15, 0.2) is 0 Å². The van der Waals surface area contributed by atoms with Crippen LogP contribution in [-0.2, 0) is 9.53 Å². The number of hydrogen-bond donors (Lipinski definition) is 0. The molecule has 1 unspecified atom stereocenters. The first-order valence-corrected chi connectivity index (χ1v) is 8.72. The molecule has 0 saturated heterocycles. The van der Waals surface area contributed by atoms with Gasteiger partial charge in [-0.15, -0.1) is 0 Å². The highest BCUT2D eigenvalue weighted by atomic mass is 79.9. The number of esters is 1. The molecule has 1 rings (SSSR count). The van der Waals surface area contributed by atoms with E-state index < -0.39 is 0 Å². The van der Waals surface area contributed by atoms with E-state index in [1.165, 1.54) is 12.8 Å². The molecule has 4 heteroatoms. The Labute approximate surface area is 143 Å². The molecule has 0 saturated carbocycles. The zero-order valence-electron chi connectivity index (χ0n) is 14.4. The Morgan fingerprint density at radius 2 is 1.95 bits per heavy atom. The average molecular weight is 373 g/mol. The van der Waals surface area contributed by atoms with Gasteiger partial charge in [0, 0.05) is 10.4 Å². The number of unbranched alkanes of at least 4 members (excludes halogenated alkanes) is 1. The van der Waals surface area contributed by atoms with Gasteiger partial charge in [0.1, 0.15) is 6.29 Å². The van der Waals surface area contributed by atoms with Crippen molar-refractivity contribution < 1.29 is 14.3 Å². The second-order valence-corrected chi connectivity index (χ2v) is 5.40. The zero-order valence-corrected chi connectivity index (χ0v) is 16.0. The molecule has 1 aromatic rings. The molecule has 126 valence electrons. The second-order valence-electron chi connectivity index (χ2n) is 4.49. The predicted molar refractivity (Wildman–Crippen MR) is 96.2 cm³/mol. The second kappa shape index (κ2) is 16.2. The van der Waals surface area contributed by atoms with E-state index in [2.05, 4.69) is 22.9 Å². The Bertz CT molecular complexity index is 405. The lowest BCUT2D eigenvalue weighted by atomic mass is 10.1. The van der Waals surface area contributed by atoms with E-state index in [1.807, 2.05) is 26.8 Å². The summed E-state index contributed by atoms with van der Waals surface area (Å²) in [5.41, 5.74) is 0.575. The maximum absolute atomic E-state index is 11.2. The minimum absolute atomic E-state index is 0.273. The molecule has 22 heavy (non-hydrogen) atoms. The van der Waals surface area contributed by atoms with E-state index in [9.17, 15) is 9.59 Å². The summed E-state index contributed by atoms with van der Waals surface area (Å²) in [5, 5.41) is 0. The van der Waals surface area contributed by atoms with Crippen LogP contribution in [0.4, 0.5) is 0 Å². The molecule has 1 aromatic carbocycles. The van der Waals surface area contributed by atoms with Gasteiger partial charge in [0.25, 0.3) is 0 Å². The van der Waals surface area contributed by atoms with E-state index in [0.29, 0.717) is 12.2 Å². The molecule has 1 atom stereocenters. The van der Waals surface area contributed by atoms with Crippen LogP contribution in [0.1, 0.15) is 64.2 Å². The van der Waals surface area contributed by atoms with Crippen LogP contribution in [0, 0.1) is 5.92 Å². The van der Waals surface area contributed by atoms with Gasteiger partial charge in [0.2, 0.25) is 0 Å². The molecule has 0 aliphatic carbocycles. The summed E-state index contributed by atoms with van der Waals surface area (Å²) in [7, 11) is 0. The van der Waals surface area contributed by atoms with Crippen LogP contribution in [0.15, 0.2) is 28.7 Å². The topological polar surface area (TPSA) is 43.4 Å². The standard InChI is InChI=1S/C9H9BrO2.C7H14O.C2H6/c1-2-12-9(11)7-4-3-5-8(10)6-7;1-3-4-5-7(2)6-8;1-2/h3-6H,2H2,1H3;6-7H,3-5H2,1-2H3;1-2H3. The number of halogens is 1. The summed E-state index contributed by atoms with van der Waals surface area (Å²) in [6.45, 7) is 10.3. The third-order valence-corrected chi connectivity index (χ3v) is 3.07. The lowest BCUT2D eigenvalue weighted by molar-refractivity contribution is -0.110. The van der Waals surface area contributed by atoms with Crippen molar-refractivity contribution in [3.8, 4) is 0 Å². The third kappa shape index (κ3) is 12.6. The maximum atomic E-state index is 11.2. The fourth-order valence-corrected chi connectivity index (χ4v) is 1.82. The van der Waals surface area contributed by atoms with Crippen molar-refractivity contribution in [3.05, 3.63) is 34.3 Å². The van der Waals surface area contributed by atoms with Crippen molar-refractivity contribution in [2.75, 3.05) is 6.61 Å². The number of carbonyl (C=O) groups is 2. The van der Waals surface area contributed by atoms with Crippen LogP contribution in [0.25, 0.3) is 0 Å². The molecule has 0 aliphatic heterocycles. The van der Waals surface area contributed by atoms with Crippen molar-refractivity contribution >= 4 is 28.2 Å². The lowest BCUT2D eigenvalue weighted by Gasteiger charge is -2.00. The monoisotopic (exact) mass is 372 g/mol. The zero-order chi connectivity index (χ0) is 17.4. The molecule has 0 aromatic heterocycles. The normalized spacial score (nSPS) is 10.3. The Hall–Kier alpha value is -1.16. The highest BCUT2D eigenvalue weighted by Crippen LogP contribution is 2.12. The molecule has 0 spiro atoms. The summed E-state index contributed by atoms with van der Waals surface area (Å²) in [6.07, 6.45) is 4.45. The summed E-state index contributed by atoms with van der Waals surface area (Å²) >= 11 is 3.27. The van der Waals surface area contributed by atoms with Gasteiger partial charge in [-0.1, -0.05) is 62.5 Å². The van der Waals surface area contributed by atoms with Crippen LogP contribution in [0.3, 0.4) is 0 Å². The van der Waals surface area contributed by atoms with E-state index in [1.54, 1.807) is 25.1 Å². The smallest absolute Gasteiger partial charge is 0.338 e. The van der Waals surface area contributed by atoms with Gasteiger partial charge in [-0.25, -0.2) is 4.79 Å². The summed E-state index contributed by atoms with van der Waals surface area (Å²) < 4.78 is 5.71. The fourth-order valence-electron chi connectivity index (χ4n) is 1.42. The van der Waals surface area contributed by atoms with Gasteiger partial charge >= 0.3 is 5.97 Å². The first-order chi connectivity index (χ1) is 10.5. The molecule has 3 nitrogen and oxygen atoms in total. The van der Waals surface area contributed by atoms with Crippen molar-refractivity contribution in [3.63, 3.8) is 0 Å². The minimum atomic E-state index is -0.279. The van der Waals surface area contributed by atoms with E-state index in [0.717, 1.165) is 17.2 Å². The molecular formula is C18H29BrO3. The molecule has 0 radical (unpaired) electrons. The van der Waals surface area contributed by atoms with Gasteiger partial charge in [-0.2, -0.15) is 0 Å². The van der Waals surface area contributed by atoms with Gasteiger partial charge in [-0.3, -0.25) is 0 Å².